The normalized spacial score (nSPS) is 23.4. The minimum atomic E-state index is -0.243. The van der Waals surface area contributed by atoms with Crippen LogP contribution in [0.15, 0.2) is 0 Å². The third kappa shape index (κ3) is 1.96. The van der Waals surface area contributed by atoms with Gasteiger partial charge in [0.15, 0.2) is 0 Å². The van der Waals surface area contributed by atoms with Gasteiger partial charge < -0.3 is 10.2 Å². The third-order valence-corrected chi connectivity index (χ3v) is 2.37. The molecule has 10 heavy (non-hydrogen) atoms. The van der Waals surface area contributed by atoms with Crippen molar-refractivity contribution in [2.75, 3.05) is 6.61 Å². The van der Waals surface area contributed by atoms with Crippen LogP contribution in [-0.2, 0) is 0 Å². The van der Waals surface area contributed by atoms with E-state index in [-0.39, 0.29) is 12.7 Å². The second-order valence-electron chi connectivity index (χ2n) is 3.12. The van der Waals surface area contributed by atoms with Crippen LogP contribution < -0.4 is 0 Å². The summed E-state index contributed by atoms with van der Waals surface area (Å²) in [6.07, 6.45) is 5.14. The number of aliphatic hydroxyl groups is 2. The van der Waals surface area contributed by atoms with Crippen molar-refractivity contribution in [2.45, 2.75) is 38.2 Å². The quantitative estimate of drug-likeness (QED) is 0.618. The van der Waals surface area contributed by atoms with E-state index < -0.39 is 0 Å². The fraction of sp³-hybridized carbons (Fsp3) is 1.00. The highest BCUT2D eigenvalue weighted by molar-refractivity contribution is 4.73. The molecular weight excluding hydrogens is 128 g/mol. The molecule has 0 aromatic carbocycles. The molecule has 1 saturated carbocycles. The molecule has 0 heterocycles. The van der Waals surface area contributed by atoms with E-state index in [1.807, 2.05) is 0 Å². The van der Waals surface area contributed by atoms with Gasteiger partial charge in [0.2, 0.25) is 0 Å². The summed E-state index contributed by atoms with van der Waals surface area (Å²) in [7, 11) is 0. The third-order valence-electron chi connectivity index (χ3n) is 2.37. The SMILES string of the molecule is OCCC(O)C1CCCC1. The zero-order valence-electron chi connectivity index (χ0n) is 6.29. The summed E-state index contributed by atoms with van der Waals surface area (Å²) in [5.41, 5.74) is 0. The summed E-state index contributed by atoms with van der Waals surface area (Å²) in [5.74, 6) is 0.479. The number of hydrogen-bond donors (Lipinski definition) is 2. The van der Waals surface area contributed by atoms with Crippen LogP contribution in [0.2, 0.25) is 0 Å². The van der Waals surface area contributed by atoms with E-state index in [0.717, 1.165) is 12.8 Å². The minimum absolute atomic E-state index is 0.123. The van der Waals surface area contributed by atoms with E-state index in [1.165, 1.54) is 12.8 Å². The fourth-order valence-electron chi connectivity index (χ4n) is 1.71. The Morgan fingerprint density at radius 1 is 1.30 bits per heavy atom. The van der Waals surface area contributed by atoms with Crippen molar-refractivity contribution >= 4 is 0 Å². The molecule has 1 aliphatic carbocycles. The molecule has 1 aliphatic rings. The molecule has 0 aliphatic heterocycles. The van der Waals surface area contributed by atoms with Gasteiger partial charge in [-0.1, -0.05) is 12.8 Å². The van der Waals surface area contributed by atoms with Crippen LogP contribution in [0.1, 0.15) is 32.1 Å². The second-order valence-corrected chi connectivity index (χ2v) is 3.12. The predicted octanol–water partition coefficient (Wildman–Crippen LogP) is 0.920. The van der Waals surface area contributed by atoms with Crippen LogP contribution >= 0.6 is 0 Å². The molecule has 0 radical (unpaired) electrons. The van der Waals surface area contributed by atoms with E-state index in [4.69, 9.17) is 5.11 Å². The van der Waals surface area contributed by atoms with E-state index in [0.29, 0.717) is 12.3 Å². The number of aliphatic hydroxyl groups excluding tert-OH is 2. The van der Waals surface area contributed by atoms with E-state index in [1.54, 1.807) is 0 Å². The zero-order valence-corrected chi connectivity index (χ0v) is 6.29. The van der Waals surface area contributed by atoms with E-state index >= 15 is 0 Å². The molecule has 1 fully saturated rings. The smallest absolute Gasteiger partial charge is 0.0590 e. The molecule has 60 valence electrons. The van der Waals surface area contributed by atoms with Crippen molar-refractivity contribution in [1.29, 1.82) is 0 Å². The molecular formula is C8H16O2. The van der Waals surface area contributed by atoms with Gasteiger partial charge in [-0.15, -0.1) is 0 Å². The summed E-state index contributed by atoms with van der Waals surface area (Å²) < 4.78 is 0. The molecule has 2 nitrogen and oxygen atoms in total. The first-order chi connectivity index (χ1) is 4.84. The van der Waals surface area contributed by atoms with Gasteiger partial charge in [0.25, 0.3) is 0 Å². The summed E-state index contributed by atoms with van der Waals surface area (Å²) in [5, 5.41) is 17.9. The maximum absolute atomic E-state index is 9.39. The Balaban J connectivity index is 2.18. The molecule has 0 amide bonds. The summed E-state index contributed by atoms with van der Waals surface area (Å²) >= 11 is 0. The number of rotatable bonds is 3. The van der Waals surface area contributed by atoms with Crippen molar-refractivity contribution in [1.82, 2.24) is 0 Å². The van der Waals surface area contributed by atoms with Gasteiger partial charge in [-0.25, -0.2) is 0 Å². The summed E-state index contributed by atoms with van der Waals surface area (Å²) in [6, 6.07) is 0. The zero-order chi connectivity index (χ0) is 7.40. The van der Waals surface area contributed by atoms with E-state index in [2.05, 4.69) is 0 Å². The first kappa shape index (κ1) is 8.02. The maximum atomic E-state index is 9.39. The fourth-order valence-corrected chi connectivity index (χ4v) is 1.71. The predicted molar refractivity (Wildman–Crippen MR) is 39.7 cm³/mol. The average Bonchev–Trinajstić information content (AvgIpc) is 2.38. The maximum Gasteiger partial charge on any atom is 0.0590 e. The Kier molecular flexibility index (Phi) is 3.16. The summed E-state index contributed by atoms with van der Waals surface area (Å²) in [4.78, 5) is 0. The van der Waals surface area contributed by atoms with Crippen LogP contribution in [0.3, 0.4) is 0 Å². The summed E-state index contributed by atoms with van der Waals surface area (Å²) in [6.45, 7) is 0.123. The van der Waals surface area contributed by atoms with Gasteiger partial charge in [-0.05, 0) is 25.2 Å². The largest absolute Gasteiger partial charge is 0.396 e. The molecule has 0 spiro atoms. The molecule has 0 aromatic heterocycles. The van der Waals surface area contributed by atoms with Crippen LogP contribution in [0.4, 0.5) is 0 Å². The van der Waals surface area contributed by atoms with Gasteiger partial charge in [0.05, 0.1) is 6.10 Å². The minimum Gasteiger partial charge on any atom is -0.396 e. The Hall–Kier alpha value is -0.0800. The molecule has 2 heteroatoms. The highest BCUT2D eigenvalue weighted by Crippen LogP contribution is 2.28. The van der Waals surface area contributed by atoms with Crippen LogP contribution in [0.5, 0.6) is 0 Å². The monoisotopic (exact) mass is 144 g/mol. The number of hydrogen-bond acceptors (Lipinski definition) is 2. The van der Waals surface area contributed by atoms with Crippen molar-refractivity contribution in [2.24, 2.45) is 5.92 Å². The highest BCUT2D eigenvalue weighted by Gasteiger charge is 2.22. The molecule has 1 rings (SSSR count). The van der Waals surface area contributed by atoms with Gasteiger partial charge in [0, 0.05) is 6.61 Å². The van der Waals surface area contributed by atoms with E-state index in [9.17, 15) is 5.11 Å². The molecule has 0 aromatic rings. The molecule has 0 saturated heterocycles. The first-order valence-electron chi connectivity index (χ1n) is 4.13. The first-order valence-corrected chi connectivity index (χ1v) is 4.13. The average molecular weight is 144 g/mol. The highest BCUT2D eigenvalue weighted by atomic mass is 16.3. The lowest BCUT2D eigenvalue weighted by Crippen LogP contribution is -2.18. The Morgan fingerprint density at radius 2 is 1.90 bits per heavy atom. The van der Waals surface area contributed by atoms with Gasteiger partial charge >= 0.3 is 0 Å². The second kappa shape index (κ2) is 3.94. The molecule has 1 unspecified atom stereocenters. The lowest BCUT2D eigenvalue weighted by atomic mass is 9.99. The van der Waals surface area contributed by atoms with Crippen molar-refractivity contribution in [3.63, 3.8) is 0 Å². The van der Waals surface area contributed by atoms with Crippen LogP contribution in [0.25, 0.3) is 0 Å². The molecule has 0 bridgehead atoms. The topological polar surface area (TPSA) is 40.5 Å². The molecule has 2 N–H and O–H groups in total. The Bertz CT molecular complexity index is 87.3. The van der Waals surface area contributed by atoms with Crippen LogP contribution in [0, 0.1) is 5.92 Å². The molecule has 1 atom stereocenters. The standard InChI is InChI=1S/C8H16O2/c9-6-5-8(10)7-3-1-2-4-7/h7-10H,1-6H2. The Morgan fingerprint density at radius 3 is 2.40 bits per heavy atom. The van der Waals surface area contributed by atoms with Crippen molar-refractivity contribution in [3.8, 4) is 0 Å². The van der Waals surface area contributed by atoms with Crippen LogP contribution in [-0.4, -0.2) is 22.9 Å². The van der Waals surface area contributed by atoms with Gasteiger partial charge in [0.1, 0.15) is 0 Å². The Labute approximate surface area is 61.9 Å². The van der Waals surface area contributed by atoms with Gasteiger partial charge in [-0.2, -0.15) is 0 Å². The van der Waals surface area contributed by atoms with Gasteiger partial charge in [-0.3, -0.25) is 0 Å². The van der Waals surface area contributed by atoms with Crippen molar-refractivity contribution < 1.29 is 10.2 Å². The lowest BCUT2D eigenvalue weighted by molar-refractivity contribution is 0.0812. The van der Waals surface area contributed by atoms with Crippen molar-refractivity contribution in [3.05, 3.63) is 0 Å². The lowest BCUT2D eigenvalue weighted by Gasteiger charge is -2.15.